The third-order valence-corrected chi connectivity index (χ3v) is 5.21. The number of fused-ring (bicyclic) bond motifs is 1. The van der Waals surface area contributed by atoms with Gasteiger partial charge in [0.25, 0.3) is 0 Å². The van der Waals surface area contributed by atoms with E-state index in [1.165, 1.54) is 24.1 Å². The lowest BCUT2D eigenvalue weighted by atomic mass is 9.85. The van der Waals surface area contributed by atoms with Crippen LogP contribution in [0.25, 0.3) is 0 Å². The average Bonchev–Trinajstić information content (AvgIpc) is 3.09. The largest absolute Gasteiger partial charge is 0.329 e. The first-order valence-corrected chi connectivity index (χ1v) is 8.88. The van der Waals surface area contributed by atoms with Crippen LogP contribution in [0.1, 0.15) is 29.7 Å². The van der Waals surface area contributed by atoms with Crippen LogP contribution in [0.5, 0.6) is 0 Å². The van der Waals surface area contributed by atoms with Crippen LogP contribution in [0.15, 0.2) is 60.6 Å². The highest BCUT2D eigenvalue weighted by molar-refractivity contribution is 5.32. The molecule has 0 amide bonds. The molecule has 1 fully saturated rings. The molecule has 2 aromatic rings. The van der Waals surface area contributed by atoms with Gasteiger partial charge in [0.15, 0.2) is 0 Å². The molecule has 1 saturated heterocycles. The Kier molecular flexibility index (Phi) is 4.49. The summed E-state index contributed by atoms with van der Waals surface area (Å²) in [6.07, 6.45) is 13.1. The number of aromatic nitrogens is 2. The van der Waals surface area contributed by atoms with Gasteiger partial charge in [0, 0.05) is 25.8 Å². The summed E-state index contributed by atoms with van der Waals surface area (Å²) < 4.78 is 2.21. The van der Waals surface area contributed by atoms with Crippen molar-refractivity contribution >= 4 is 0 Å². The van der Waals surface area contributed by atoms with Crippen LogP contribution in [0.2, 0.25) is 0 Å². The molecule has 126 valence electrons. The van der Waals surface area contributed by atoms with Gasteiger partial charge in [-0.05, 0) is 43.0 Å². The lowest BCUT2D eigenvalue weighted by Gasteiger charge is -2.35. The van der Waals surface area contributed by atoms with Gasteiger partial charge >= 0.3 is 0 Å². The first-order chi connectivity index (χ1) is 12.3. The minimum absolute atomic E-state index is 0.701. The third kappa shape index (κ3) is 3.57. The van der Waals surface area contributed by atoms with Crippen LogP contribution in [-0.2, 0) is 13.1 Å². The molecule has 4 rings (SSSR count). The number of hydrogen-bond acceptors (Lipinski definition) is 3. The van der Waals surface area contributed by atoms with E-state index in [4.69, 9.17) is 5.26 Å². The molecule has 2 heterocycles. The molecule has 1 aliphatic carbocycles. The number of likely N-dealkylation sites (tertiary alicyclic amines) is 1. The maximum atomic E-state index is 8.91. The topological polar surface area (TPSA) is 44.9 Å². The number of hydrogen-bond donors (Lipinski definition) is 0. The molecule has 2 aliphatic rings. The Morgan fingerprint density at radius 1 is 1.20 bits per heavy atom. The molecule has 1 aliphatic heterocycles. The Morgan fingerprint density at radius 2 is 2.08 bits per heavy atom. The number of imidazole rings is 1. The molecular formula is C21H22N4. The Balaban J connectivity index is 1.43. The minimum atomic E-state index is 0.701. The lowest BCUT2D eigenvalue weighted by molar-refractivity contribution is 0.221. The van der Waals surface area contributed by atoms with Gasteiger partial charge in [0.1, 0.15) is 0 Å². The molecule has 0 saturated carbocycles. The second-order valence-corrected chi connectivity index (χ2v) is 6.92. The van der Waals surface area contributed by atoms with Gasteiger partial charge in [0.2, 0.25) is 0 Å². The summed E-state index contributed by atoms with van der Waals surface area (Å²) in [6, 6.07) is 9.96. The van der Waals surface area contributed by atoms with Crippen molar-refractivity contribution in [1.29, 1.82) is 5.26 Å². The summed E-state index contributed by atoms with van der Waals surface area (Å²) in [5.74, 6) is 0.754. The number of benzene rings is 1. The number of piperidine rings is 1. The van der Waals surface area contributed by atoms with Crippen LogP contribution in [0, 0.1) is 17.2 Å². The highest BCUT2D eigenvalue weighted by Crippen LogP contribution is 2.29. The fourth-order valence-electron chi connectivity index (χ4n) is 3.75. The van der Waals surface area contributed by atoms with Gasteiger partial charge in [-0.25, -0.2) is 4.98 Å². The standard InChI is InChI=1S/C21H22N4/c22-11-17-5-7-18(8-6-17)13-25-16-23-12-21(25)15-24-10-9-19-3-1-2-4-20(19)14-24/h1-2,4-8,12,16,19H,3,9-10,13-15H2. The van der Waals surface area contributed by atoms with Gasteiger partial charge in [0.05, 0.1) is 23.7 Å². The summed E-state index contributed by atoms with van der Waals surface area (Å²) in [6.45, 7) is 3.95. The molecular weight excluding hydrogens is 308 g/mol. The quantitative estimate of drug-likeness (QED) is 0.862. The average molecular weight is 330 g/mol. The normalized spacial score (nSPS) is 20.0. The summed E-state index contributed by atoms with van der Waals surface area (Å²) in [5, 5.41) is 8.91. The van der Waals surface area contributed by atoms with Crippen LogP contribution >= 0.6 is 0 Å². The third-order valence-electron chi connectivity index (χ3n) is 5.21. The molecule has 1 aromatic heterocycles. The fraction of sp³-hybridized carbons (Fsp3) is 0.333. The Hall–Kier alpha value is -2.64. The molecule has 4 heteroatoms. The summed E-state index contributed by atoms with van der Waals surface area (Å²) in [5.41, 5.74) is 4.71. The molecule has 0 spiro atoms. The predicted octanol–water partition coefficient (Wildman–Crippen LogP) is 3.51. The smallest absolute Gasteiger partial charge is 0.0991 e. The zero-order valence-corrected chi connectivity index (χ0v) is 14.3. The lowest BCUT2D eigenvalue weighted by Crippen LogP contribution is -2.36. The van der Waals surface area contributed by atoms with Gasteiger partial charge in [-0.2, -0.15) is 5.26 Å². The van der Waals surface area contributed by atoms with Crippen LogP contribution < -0.4 is 0 Å². The second kappa shape index (κ2) is 7.08. The maximum absolute atomic E-state index is 8.91. The van der Waals surface area contributed by atoms with E-state index in [0.29, 0.717) is 5.56 Å². The van der Waals surface area contributed by atoms with Crippen molar-refractivity contribution in [2.24, 2.45) is 5.92 Å². The monoisotopic (exact) mass is 330 g/mol. The highest BCUT2D eigenvalue weighted by atomic mass is 15.2. The van der Waals surface area contributed by atoms with Crippen molar-refractivity contribution in [3.05, 3.63) is 77.4 Å². The van der Waals surface area contributed by atoms with E-state index < -0.39 is 0 Å². The van der Waals surface area contributed by atoms with E-state index >= 15 is 0 Å². The zero-order valence-electron chi connectivity index (χ0n) is 14.3. The molecule has 1 aromatic carbocycles. The van der Waals surface area contributed by atoms with E-state index in [0.717, 1.165) is 32.1 Å². The van der Waals surface area contributed by atoms with Crippen LogP contribution in [0.4, 0.5) is 0 Å². The molecule has 0 radical (unpaired) electrons. The van der Waals surface area contributed by atoms with Gasteiger partial charge in [-0.15, -0.1) is 0 Å². The molecule has 1 atom stereocenters. The van der Waals surface area contributed by atoms with Crippen molar-refractivity contribution in [3.63, 3.8) is 0 Å². The SMILES string of the molecule is N#Cc1ccc(Cn2cncc2CN2CCC3CC=CC=C3C2)cc1. The molecule has 1 unspecified atom stereocenters. The zero-order chi connectivity index (χ0) is 17.1. The number of allylic oxidation sites excluding steroid dienone is 3. The number of nitriles is 1. The van der Waals surface area contributed by atoms with Gasteiger partial charge in [-0.3, -0.25) is 4.90 Å². The van der Waals surface area contributed by atoms with E-state index in [1.807, 2.05) is 36.8 Å². The fourth-order valence-corrected chi connectivity index (χ4v) is 3.75. The molecule has 0 bridgehead atoms. The van der Waals surface area contributed by atoms with E-state index in [-0.39, 0.29) is 0 Å². The number of nitrogens with zero attached hydrogens (tertiary/aromatic N) is 4. The maximum Gasteiger partial charge on any atom is 0.0991 e. The highest BCUT2D eigenvalue weighted by Gasteiger charge is 2.24. The Morgan fingerprint density at radius 3 is 2.92 bits per heavy atom. The molecule has 4 nitrogen and oxygen atoms in total. The first-order valence-electron chi connectivity index (χ1n) is 8.88. The second-order valence-electron chi connectivity index (χ2n) is 6.92. The van der Waals surface area contributed by atoms with Crippen molar-refractivity contribution in [3.8, 4) is 6.07 Å². The minimum Gasteiger partial charge on any atom is -0.329 e. The van der Waals surface area contributed by atoms with Crippen molar-refractivity contribution in [2.75, 3.05) is 13.1 Å². The summed E-state index contributed by atoms with van der Waals surface area (Å²) >= 11 is 0. The summed E-state index contributed by atoms with van der Waals surface area (Å²) in [7, 11) is 0. The van der Waals surface area contributed by atoms with Gasteiger partial charge < -0.3 is 4.57 Å². The van der Waals surface area contributed by atoms with Crippen LogP contribution in [-0.4, -0.2) is 27.5 Å². The predicted molar refractivity (Wildman–Crippen MR) is 97.7 cm³/mol. The van der Waals surface area contributed by atoms with E-state index in [9.17, 15) is 0 Å². The Labute approximate surface area is 148 Å². The van der Waals surface area contributed by atoms with Crippen molar-refractivity contribution in [1.82, 2.24) is 14.5 Å². The number of rotatable bonds is 4. The van der Waals surface area contributed by atoms with Crippen LogP contribution in [0.3, 0.4) is 0 Å². The molecule has 25 heavy (non-hydrogen) atoms. The van der Waals surface area contributed by atoms with Crippen molar-refractivity contribution in [2.45, 2.75) is 25.9 Å². The van der Waals surface area contributed by atoms with Gasteiger partial charge in [-0.1, -0.05) is 35.9 Å². The first kappa shape index (κ1) is 15.9. The Bertz CT molecular complexity index is 836. The summed E-state index contributed by atoms with van der Waals surface area (Å²) in [4.78, 5) is 6.88. The van der Waals surface area contributed by atoms with Crippen molar-refractivity contribution < 1.29 is 0 Å². The molecule has 0 N–H and O–H groups in total. The van der Waals surface area contributed by atoms with E-state index in [1.54, 1.807) is 5.57 Å². The van der Waals surface area contributed by atoms with E-state index in [2.05, 4.69) is 38.7 Å².